The van der Waals surface area contributed by atoms with Crippen LogP contribution in [0.2, 0.25) is 0 Å². The molecule has 1 heterocycles. The first-order valence-electron chi connectivity index (χ1n) is 3.97. The number of nitro groups is 1. The van der Waals surface area contributed by atoms with Crippen LogP contribution in [0.4, 0.5) is 5.69 Å². The second-order valence-electron chi connectivity index (χ2n) is 2.67. The number of hydrogen-bond acceptors (Lipinski definition) is 4. The summed E-state index contributed by atoms with van der Waals surface area (Å²) in [5, 5.41) is 11.1. The summed E-state index contributed by atoms with van der Waals surface area (Å²) in [5.41, 5.74) is 0.0365. The van der Waals surface area contributed by atoms with Crippen molar-refractivity contribution < 1.29 is 4.92 Å². The van der Waals surface area contributed by atoms with Crippen LogP contribution in [0.3, 0.4) is 0 Å². The second-order valence-corrected chi connectivity index (χ2v) is 4.40. The first kappa shape index (κ1) is 11.3. The zero-order valence-electron chi connectivity index (χ0n) is 7.51. The topological polar surface area (TPSA) is 56.0 Å². The average molecular weight is 233 g/mol. The van der Waals surface area contributed by atoms with E-state index in [1.54, 1.807) is 6.07 Å². The van der Waals surface area contributed by atoms with E-state index in [1.165, 1.54) is 24.0 Å². The molecule has 76 valence electrons. The van der Waals surface area contributed by atoms with Crippen molar-refractivity contribution in [2.45, 2.75) is 17.2 Å². The Morgan fingerprint density at radius 3 is 3.07 bits per heavy atom. The monoisotopic (exact) mass is 232 g/mol. The van der Waals surface area contributed by atoms with Crippen molar-refractivity contribution in [3.63, 3.8) is 0 Å². The lowest BCUT2D eigenvalue weighted by atomic mass is 10.4. The predicted molar refractivity (Wildman–Crippen MR) is 56.9 cm³/mol. The van der Waals surface area contributed by atoms with Gasteiger partial charge in [-0.15, -0.1) is 11.6 Å². The molecule has 0 aliphatic carbocycles. The Morgan fingerprint density at radius 2 is 2.50 bits per heavy atom. The molecule has 4 nitrogen and oxygen atoms in total. The van der Waals surface area contributed by atoms with E-state index in [2.05, 4.69) is 4.98 Å². The first-order chi connectivity index (χ1) is 6.65. The zero-order chi connectivity index (χ0) is 10.6. The Kier molecular flexibility index (Phi) is 4.16. The molecular formula is C8H9ClN2O2S. The minimum Gasteiger partial charge on any atom is -0.258 e. The van der Waals surface area contributed by atoms with Gasteiger partial charge in [-0.1, -0.05) is 18.7 Å². The molecule has 1 aromatic heterocycles. The number of hydrogen-bond donors (Lipinski definition) is 0. The fourth-order valence-electron chi connectivity index (χ4n) is 0.834. The van der Waals surface area contributed by atoms with E-state index < -0.39 is 4.92 Å². The van der Waals surface area contributed by atoms with Crippen molar-refractivity contribution in [1.29, 1.82) is 0 Å². The van der Waals surface area contributed by atoms with Crippen LogP contribution in [-0.2, 0) is 0 Å². The van der Waals surface area contributed by atoms with Gasteiger partial charge >= 0.3 is 5.69 Å². The van der Waals surface area contributed by atoms with Gasteiger partial charge in [0.15, 0.2) is 5.03 Å². The molecule has 1 rings (SSSR count). The van der Waals surface area contributed by atoms with Crippen molar-refractivity contribution in [1.82, 2.24) is 4.98 Å². The highest BCUT2D eigenvalue weighted by molar-refractivity contribution is 8.00. The molecular weight excluding hydrogens is 224 g/mol. The molecule has 0 fully saturated rings. The second kappa shape index (κ2) is 5.17. The summed E-state index contributed by atoms with van der Waals surface area (Å²) in [7, 11) is 0. The fraction of sp³-hybridized carbons (Fsp3) is 0.375. The van der Waals surface area contributed by atoms with E-state index in [9.17, 15) is 10.1 Å². The van der Waals surface area contributed by atoms with Crippen LogP contribution in [0.5, 0.6) is 0 Å². The molecule has 0 radical (unpaired) electrons. The zero-order valence-corrected chi connectivity index (χ0v) is 9.09. The number of halogens is 1. The number of thioether (sulfide) groups is 1. The molecule has 0 aliphatic heterocycles. The van der Waals surface area contributed by atoms with E-state index in [0.29, 0.717) is 10.9 Å². The highest BCUT2D eigenvalue weighted by atomic mass is 35.5. The molecule has 14 heavy (non-hydrogen) atoms. The van der Waals surface area contributed by atoms with Crippen LogP contribution in [0.25, 0.3) is 0 Å². The molecule has 1 unspecified atom stereocenters. The van der Waals surface area contributed by atoms with E-state index in [4.69, 9.17) is 11.6 Å². The van der Waals surface area contributed by atoms with Gasteiger partial charge < -0.3 is 0 Å². The number of pyridine rings is 1. The molecule has 0 amide bonds. The lowest BCUT2D eigenvalue weighted by Gasteiger charge is -2.05. The van der Waals surface area contributed by atoms with Gasteiger partial charge in [0.1, 0.15) is 0 Å². The maximum Gasteiger partial charge on any atom is 0.301 e. The highest BCUT2D eigenvalue weighted by Crippen LogP contribution is 2.29. The van der Waals surface area contributed by atoms with E-state index >= 15 is 0 Å². The molecule has 0 aliphatic rings. The van der Waals surface area contributed by atoms with Crippen molar-refractivity contribution in [2.75, 3.05) is 5.88 Å². The van der Waals surface area contributed by atoms with E-state index in [-0.39, 0.29) is 10.9 Å². The van der Waals surface area contributed by atoms with Gasteiger partial charge in [0, 0.05) is 23.4 Å². The largest absolute Gasteiger partial charge is 0.301 e. The van der Waals surface area contributed by atoms with Gasteiger partial charge in [-0.05, 0) is 6.07 Å². The molecule has 0 aromatic carbocycles. The minimum atomic E-state index is -0.434. The van der Waals surface area contributed by atoms with Crippen LogP contribution in [-0.4, -0.2) is 21.0 Å². The molecule has 0 saturated carbocycles. The Morgan fingerprint density at radius 1 is 1.79 bits per heavy atom. The summed E-state index contributed by atoms with van der Waals surface area (Å²) >= 11 is 6.93. The quantitative estimate of drug-likeness (QED) is 0.347. The van der Waals surface area contributed by atoms with Gasteiger partial charge in [0.05, 0.1) is 4.92 Å². The summed E-state index contributed by atoms with van der Waals surface area (Å²) in [6, 6.07) is 2.99. The summed E-state index contributed by atoms with van der Waals surface area (Å²) in [6.07, 6.45) is 1.54. The Bertz CT molecular complexity index is 335. The summed E-state index contributed by atoms with van der Waals surface area (Å²) < 4.78 is 0. The third-order valence-electron chi connectivity index (χ3n) is 1.48. The summed E-state index contributed by atoms with van der Waals surface area (Å²) in [5.74, 6) is 0.443. The van der Waals surface area contributed by atoms with Gasteiger partial charge in [-0.25, -0.2) is 4.98 Å². The molecule has 6 heteroatoms. The van der Waals surface area contributed by atoms with E-state index in [0.717, 1.165) is 0 Å². The number of rotatable bonds is 4. The van der Waals surface area contributed by atoms with Crippen LogP contribution >= 0.6 is 23.4 Å². The highest BCUT2D eigenvalue weighted by Gasteiger charge is 2.16. The summed E-state index contributed by atoms with van der Waals surface area (Å²) in [4.78, 5) is 14.1. The smallest absolute Gasteiger partial charge is 0.258 e. The Balaban J connectivity index is 2.90. The van der Waals surface area contributed by atoms with Crippen LogP contribution in [0.15, 0.2) is 23.4 Å². The van der Waals surface area contributed by atoms with Crippen molar-refractivity contribution in [3.8, 4) is 0 Å². The van der Waals surface area contributed by atoms with Gasteiger partial charge in [0.2, 0.25) is 0 Å². The third kappa shape index (κ3) is 2.85. The Hall–Kier alpha value is -0.810. The minimum absolute atomic E-state index is 0.0365. The molecule has 0 spiro atoms. The lowest BCUT2D eigenvalue weighted by molar-refractivity contribution is -0.388. The van der Waals surface area contributed by atoms with Crippen LogP contribution < -0.4 is 0 Å². The van der Waals surface area contributed by atoms with Gasteiger partial charge in [-0.2, -0.15) is 0 Å². The number of alkyl halides is 1. The van der Waals surface area contributed by atoms with Crippen LogP contribution in [0.1, 0.15) is 6.92 Å². The van der Waals surface area contributed by atoms with Crippen molar-refractivity contribution in [2.24, 2.45) is 0 Å². The third-order valence-corrected chi connectivity index (χ3v) is 3.23. The van der Waals surface area contributed by atoms with Crippen LogP contribution in [0, 0.1) is 10.1 Å². The molecule has 0 N–H and O–H groups in total. The first-order valence-corrected chi connectivity index (χ1v) is 5.38. The normalized spacial score (nSPS) is 12.4. The standard InChI is InChI=1S/C8H9ClN2O2S/c1-6(5-9)14-8-7(11(12)13)3-2-4-10-8/h2-4,6H,5H2,1H3. The SMILES string of the molecule is CC(CCl)Sc1ncccc1[N+](=O)[O-]. The van der Waals surface area contributed by atoms with Crippen molar-refractivity contribution in [3.05, 3.63) is 28.4 Å². The maximum absolute atomic E-state index is 10.6. The predicted octanol–water partition coefficient (Wildman–Crippen LogP) is 2.71. The molecule has 0 bridgehead atoms. The van der Waals surface area contributed by atoms with E-state index in [1.807, 2.05) is 6.92 Å². The molecule has 0 saturated heterocycles. The summed E-state index contributed by atoms with van der Waals surface area (Å²) in [6.45, 7) is 1.90. The number of aromatic nitrogens is 1. The Labute approximate surface area is 90.8 Å². The van der Waals surface area contributed by atoms with Gasteiger partial charge in [0.25, 0.3) is 0 Å². The molecule has 1 atom stereocenters. The lowest BCUT2D eigenvalue weighted by Crippen LogP contribution is -2.00. The number of nitrogens with zero attached hydrogens (tertiary/aromatic N) is 2. The molecule has 1 aromatic rings. The maximum atomic E-state index is 10.6. The van der Waals surface area contributed by atoms with Gasteiger partial charge in [-0.3, -0.25) is 10.1 Å². The fourth-order valence-corrected chi connectivity index (χ4v) is 1.85. The average Bonchev–Trinajstić information content (AvgIpc) is 2.18. The van der Waals surface area contributed by atoms with Crippen molar-refractivity contribution >= 4 is 29.1 Å².